The van der Waals surface area contributed by atoms with Crippen LogP contribution in [-0.2, 0) is 15.6 Å². The van der Waals surface area contributed by atoms with Gasteiger partial charge in [0.15, 0.2) is 9.84 Å². The molecule has 0 aromatic heterocycles. The van der Waals surface area contributed by atoms with Gasteiger partial charge in [0, 0.05) is 0 Å². The van der Waals surface area contributed by atoms with Crippen LogP contribution in [0.4, 0.5) is 11.4 Å². The van der Waals surface area contributed by atoms with Crippen LogP contribution in [0.1, 0.15) is 5.56 Å². The van der Waals surface area contributed by atoms with Gasteiger partial charge in [-0.1, -0.05) is 30.3 Å². The molecule has 0 spiro atoms. The maximum atomic E-state index is 11.5. The standard InChI is InChI=1S/C15H15N2O2S/c1-2-20(18,19)12-13-8-10-15(11-9-13)17-16-14-6-4-3-5-7-14/h3-11H,1-2,12H2. The Labute approximate surface area is 119 Å². The third-order valence-corrected chi connectivity index (χ3v) is 4.07. The van der Waals surface area contributed by atoms with Gasteiger partial charge in [0.25, 0.3) is 0 Å². The van der Waals surface area contributed by atoms with Gasteiger partial charge in [-0.3, -0.25) is 0 Å². The van der Waals surface area contributed by atoms with Gasteiger partial charge in [-0.05, 0) is 36.8 Å². The molecule has 2 rings (SSSR count). The van der Waals surface area contributed by atoms with E-state index in [2.05, 4.69) is 17.2 Å². The maximum Gasteiger partial charge on any atom is 0.154 e. The van der Waals surface area contributed by atoms with Crippen molar-refractivity contribution in [3.63, 3.8) is 0 Å². The van der Waals surface area contributed by atoms with E-state index in [0.29, 0.717) is 5.69 Å². The molecule has 0 bridgehead atoms. The minimum Gasteiger partial charge on any atom is -0.228 e. The Bertz CT molecular complexity index is 678. The van der Waals surface area contributed by atoms with E-state index in [9.17, 15) is 8.42 Å². The van der Waals surface area contributed by atoms with E-state index in [-0.39, 0.29) is 11.5 Å². The predicted molar refractivity (Wildman–Crippen MR) is 79.9 cm³/mol. The molecule has 103 valence electrons. The molecule has 0 atom stereocenters. The fraction of sp³-hybridized carbons (Fsp3) is 0.133. The summed E-state index contributed by atoms with van der Waals surface area (Å²) in [6.45, 7) is 3.41. The summed E-state index contributed by atoms with van der Waals surface area (Å²) in [5, 5.41) is 8.19. The molecule has 0 fully saturated rings. The molecule has 0 saturated carbocycles. The topological polar surface area (TPSA) is 58.9 Å². The average molecular weight is 287 g/mol. The van der Waals surface area contributed by atoms with Crippen LogP contribution in [0.25, 0.3) is 0 Å². The van der Waals surface area contributed by atoms with E-state index >= 15 is 0 Å². The van der Waals surface area contributed by atoms with Gasteiger partial charge in [0.05, 0.1) is 22.9 Å². The Balaban J connectivity index is 2.07. The third kappa shape index (κ3) is 4.28. The fourth-order valence-corrected chi connectivity index (χ4v) is 2.44. The molecule has 0 heterocycles. The van der Waals surface area contributed by atoms with E-state index in [1.807, 2.05) is 30.3 Å². The second-order valence-electron chi connectivity index (χ2n) is 4.29. The Morgan fingerprint density at radius 1 is 0.850 bits per heavy atom. The highest BCUT2D eigenvalue weighted by Gasteiger charge is 2.08. The average Bonchev–Trinajstić information content (AvgIpc) is 2.47. The van der Waals surface area contributed by atoms with Crippen molar-refractivity contribution in [2.24, 2.45) is 10.2 Å². The van der Waals surface area contributed by atoms with Crippen LogP contribution in [0.2, 0.25) is 0 Å². The van der Waals surface area contributed by atoms with Crippen LogP contribution < -0.4 is 0 Å². The highest BCUT2D eigenvalue weighted by Crippen LogP contribution is 2.19. The van der Waals surface area contributed by atoms with Gasteiger partial charge < -0.3 is 0 Å². The monoisotopic (exact) mass is 287 g/mol. The molecule has 2 aromatic carbocycles. The molecule has 0 aliphatic rings. The predicted octanol–water partition coefficient (Wildman–Crippen LogP) is 3.85. The lowest BCUT2D eigenvalue weighted by atomic mass is 10.2. The van der Waals surface area contributed by atoms with E-state index in [1.54, 1.807) is 24.3 Å². The molecule has 0 amide bonds. The van der Waals surface area contributed by atoms with Crippen molar-refractivity contribution < 1.29 is 8.42 Å². The van der Waals surface area contributed by atoms with E-state index < -0.39 is 9.84 Å². The van der Waals surface area contributed by atoms with Crippen molar-refractivity contribution in [1.82, 2.24) is 0 Å². The van der Waals surface area contributed by atoms with E-state index in [4.69, 9.17) is 0 Å². The summed E-state index contributed by atoms with van der Waals surface area (Å²) in [4.78, 5) is 0. The number of azo groups is 1. The van der Waals surface area contributed by atoms with Crippen molar-refractivity contribution >= 4 is 21.2 Å². The summed E-state index contributed by atoms with van der Waals surface area (Å²) in [5.41, 5.74) is 2.19. The molecule has 0 saturated heterocycles. The van der Waals surface area contributed by atoms with Gasteiger partial charge in [-0.15, -0.1) is 0 Å². The highest BCUT2D eigenvalue weighted by atomic mass is 32.2. The molecule has 20 heavy (non-hydrogen) atoms. The molecule has 0 N–H and O–H groups in total. The number of sulfone groups is 1. The van der Waals surface area contributed by atoms with Crippen molar-refractivity contribution in [2.45, 2.75) is 5.75 Å². The third-order valence-electron chi connectivity index (χ3n) is 2.67. The van der Waals surface area contributed by atoms with Crippen molar-refractivity contribution in [2.75, 3.05) is 5.75 Å². The summed E-state index contributed by atoms with van der Waals surface area (Å²) in [6, 6.07) is 16.4. The number of nitrogens with zero attached hydrogens (tertiary/aromatic N) is 2. The zero-order valence-electron chi connectivity index (χ0n) is 10.9. The van der Waals surface area contributed by atoms with E-state index in [0.717, 1.165) is 11.3 Å². The van der Waals surface area contributed by atoms with Crippen LogP contribution in [0, 0.1) is 6.92 Å². The number of hydrogen-bond donors (Lipinski definition) is 0. The molecule has 0 aliphatic carbocycles. The van der Waals surface area contributed by atoms with Gasteiger partial charge in [0.1, 0.15) is 0 Å². The largest absolute Gasteiger partial charge is 0.228 e. The van der Waals surface area contributed by atoms with Crippen LogP contribution in [0.5, 0.6) is 0 Å². The van der Waals surface area contributed by atoms with Crippen LogP contribution >= 0.6 is 0 Å². The molecule has 2 aromatic rings. The Morgan fingerprint density at radius 2 is 1.40 bits per heavy atom. The summed E-state index contributed by atoms with van der Waals surface area (Å²) in [7, 11) is -3.11. The second kappa shape index (κ2) is 6.43. The lowest BCUT2D eigenvalue weighted by molar-refractivity contribution is 0.598. The minimum absolute atomic E-state index is 0.00656. The first-order valence-electron chi connectivity index (χ1n) is 6.14. The Morgan fingerprint density at radius 3 is 1.95 bits per heavy atom. The molecular formula is C15H15N2O2S. The first-order chi connectivity index (χ1) is 9.59. The maximum absolute atomic E-state index is 11.5. The summed E-state index contributed by atoms with van der Waals surface area (Å²) in [5.74, 6) is -0.0882. The molecule has 0 aliphatic heterocycles. The molecule has 4 nitrogen and oxygen atoms in total. The van der Waals surface area contributed by atoms with Crippen LogP contribution in [-0.4, -0.2) is 14.2 Å². The van der Waals surface area contributed by atoms with Crippen molar-refractivity contribution in [1.29, 1.82) is 0 Å². The Hall–Kier alpha value is -2.01. The second-order valence-corrected chi connectivity index (χ2v) is 6.48. The molecule has 1 radical (unpaired) electrons. The summed E-state index contributed by atoms with van der Waals surface area (Å²) in [6.07, 6.45) is 0. The molecular weight excluding hydrogens is 272 g/mol. The zero-order valence-corrected chi connectivity index (χ0v) is 11.8. The van der Waals surface area contributed by atoms with Gasteiger partial charge >= 0.3 is 0 Å². The lowest BCUT2D eigenvalue weighted by Crippen LogP contribution is -2.06. The normalized spacial score (nSPS) is 11.8. The summed E-state index contributed by atoms with van der Waals surface area (Å²) < 4.78 is 22.9. The smallest absolute Gasteiger partial charge is 0.154 e. The van der Waals surface area contributed by atoms with Crippen molar-refractivity contribution in [3.05, 3.63) is 67.1 Å². The summed E-state index contributed by atoms with van der Waals surface area (Å²) >= 11 is 0. The number of hydrogen-bond acceptors (Lipinski definition) is 4. The Kier molecular flexibility index (Phi) is 4.63. The number of rotatable bonds is 5. The van der Waals surface area contributed by atoms with Gasteiger partial charge in [-0.25, -0.2) is 8.42 Å². The molecule has 5 heteroatoms. The minimum atomic E-state index is -3.11. The highest BCUT2D eigenvalue weighted by molar-refractivity contribution is 7.90. The zero-order chi connectivity index (χ0) is 14.4. The van der Waals surface area contributed by atoms with Gasteiger partial charge in [0.2, 0.25) is 0 Å². The quantitative estimate of drug-likeness (QED) is 0.784. The SMILES string of the molecule is [CH2]CS(=O)(=O)Cc1ccc(N=Nc2ccccc2)cc1. The van der Waals surface area contributed by atoms with Gasteiger partial charge in [-0.2, -0.15) is 10.2 Å². The molecule has 0 unspecified atom stereocenters. The first-order valence-corrected chi connectivity index (χ1v) is 7.96. The fourth-order valence-electron chi connectivity index (χ4n) is 1.60. The lowest BCUT2D eigenvalue weighted by Gasteiger charge is -2.01. The first kappa shape index (κ1) is 14.4. The van der Waals surface area contributed by atoms with Crippen molar-refractivity contribution in [3.8, 4) is 0 Å². The van der Waals surface area contributed by atoms with Crippen LogP contribution in [0.3, 0.4) is 0 Å². The van der Waals surface area contributed by atoms with Crippen LogP contribution in [0.15, 0.2) is 64.8 Å². The number of benzene rings is 2. The van der Waals surface area contributed by atoms with E-state index in [1.165, 1.54) is 0 Å².